The summed E-state index contributed by atoms with van der Waals surface area (Å²) in [7, 11) is -1.27. The maximum atomic E-state index is 2.55. The van der Waals surface area contributed by atoms with Gasteiger partial charge in [0.05, 0.1) is 0 Å². The van der Waals surface area contributed by atoms with E-state index in [0.29, 0.717) is 23.2 Å². The van der Waals surface area contributed by atoms with Crippen molar-refractivity contribution in [2.75, 3.05) is 0 Å². The van der Waals surface area contributed by atoms with Gasteiger partial charge in [0, 0.05) is 0 Å². The number of hydrogen-bond donors (Lipinski definition) is 0. The van der Waals surface area contributed by atoms with E-state index >= 15 is 0 Å². The highest BCUT2D eigenvalue weighted by atomic mass is 31.1. The minimum Gasteiger partial charge on any atom is -0.0622 e. The molecule has 0 amide bonds. The molecule has 40 heavy (non-hydrogen) atoms. The van der Waals surface area contributed by atoms with Crippen molar-refractivity contribution in [3.8, 4) is 0 Å². The smallest absolute Gasteiger partial charge is 0.00217 e. The van der Waals surface area contributed by atoms with Crippen molar-refractivity contribution in [2.24, 2.45) is 22.7 Å². The molecule has 4 unspecified atom stereocenters. The van der Waals surface area contributed by atoms with Crippen LogP contribution in [0.3, 0.4) is 0 Å². The zero-order chi connectivity index (χ0) is 28.9. The van der Waals surface area contributed by atoms with Gasteiger partial charge in [-0.15, -0.1) is 0 Å². The van der Waals surface area contributed by atoms with Crippen molar-refractivity contribution >= 4 is 37.1 Å². The van der Waals surface area contributed by atoms with Crippen LogP contribution in [0.25, 0.3) is 0 Å². The van der Waals surface area contributed by atoms with Crippen LogP contribution >= 0.6 is 15.8 Å². The van der Waals surface area contributed by atoms with Gasteiger partial charge >= 0.3 is 0 Å². The fourth-order valence-corrected chi connectivity index (χ4v) is 13.4. The molecule has 0 aromatic heterocycles. The van der Waals surface area contributed by atoms with Gasteiger partial charge in [0.1, 0.15) is 0 Å². The summed E-state index contributed by atoms with van der Waals surface area (Å²) in [6, 6.07) is 45.8. The van der Waals surface area contributed by atoms with Gasteiger partial charge in [0.25, 0.3) is 0 Å². The second-order valence-corrected chi connectivity index (χ2v) is 18.1. The fourth-order valence-electron chi connectivity index (χ4n) is 5.71. The van der Waals surface area contributed by atoms with Gasteiger partial charge in [-0.3, -0.25) is 0 Å². The summed E-state index contributed by atoms with van der Waals surface area (Å²) in [6.07, 6.45) is 0. The van der Waals surface area contributed by atoms with Crippen LogP contribution in [0.15, 0.2) is 121 Å². The molecule has 2 heteroatoms. The Balaban J connectivity index is 2.08. The average Bonchev–Trinajstić information content (AvgIpc) is 2.95. The van der Waals surface area contributed by atoms with E-state index in [2.05, 4.69) is 177 Å². The third-order valence-electron chi connectivity index (χ3n) is 8.84. The summed E-state index contributed by atoms with van der Waals surface area (Å²) in [5, 5.41) is 5.97. The molecule has 0 aliphatic rings. The molecule has 4 aromatic rings. The summed E-state index contributed by atoms with van der Waals surface area (Å²) in [6.45, 7) is 19.9. The van der Waals surface area contributed by atoms with Crippen LogP contribution in [0.1, 0.15) is 55.4 Å². The van der Waals surface area contributed by atoms with Crippen molar-refractivity contribution in [3.05, 3.63) is 121 Å². The van der Waals surface area contributed by atoms with Gasteiger partial charge in [-0.2, -0.15) is 0 Å². The predicted octanol–water partition coefficient (Wildman–Crippen LogP) is 9.35. The van der Waals surface area contributed by atoms with Gasteiger partial charge in [0.2, 0.25) is 0 Å². The number of benzene rings is 4. The maximum absolute atomic E-state index is 2.55. The first-order valence-electron chi connectivity index (χ1n) is 14.8. The molecule has 0 aliphatic heterocycles. The molecule has 0 radical (unpaired) electrons. The minimum absolute atomic E-state index is 0.166. The Labute approximate surface area is 247 Å². The minimum atomic E-state index is -0.634. The summed E-state index contributed by atoms with van der Waals surface area (Å²) < 4.78 is 0. The van der Waals surface area contributed by atoms with Crippen LogP contribution in [0, 0.1) is 22.7 Å². The normalized spacial score (nSPS) is 15.6. The summed E-state index contributed by atoms with van der Waals surface area (Å²) >= 11 is 0. The molecular formula is C38H48P2. The molecule has 0 nitrogen and oxygen atoms in total. The first kappa shape index (κ1) is 30.7. The Morgan fingerprint density at radius 1 is 0.375 bits per heavy atom. The summed E-state index contributed by atoms with van der Waals surface area (Å²) in [5.74, 6) is 1.01. The molecular weight excluding hydrogens is 518 g/mol. The van der Waals surface area contributed by atoms with Gasteiger partial charge < -0.3 is 0 Å². The Kier molecular flexibility index (Phi) is 10.1. The van der Waals surface area contributed by atoms with E-state index in [9.17, 15) is 0 Å². The van der Waals surface area contributed by atoms with Crippen LogP contribution in [-0.2, 0) is 0 Å². The standard InChI is InChI=1S/C38H48P2/c1-29(37(3,4)5)35(39(31-21-13-9-14-22-31)32-23-15-10-16-24-32)36(30(2)38(6,7)8)40(33-25-17-11-18-26-33)34-27-19-12-20-28-34/h9-30,35-36H,1-8H3. The van der Waals surface area contributed by atoms with E-state index in [4.69, 9.17) is 0 Å². The second-order valence-electron chi connectivity index (χ2n) is 13.4. The fraction of sp³-hybridized carbons (Fsp3) is 0.368. The van der Waals surface area contributed by atoms with E-state index in [1.165, 1.54) is 21.2 Å². The van der Waals surface area contributed by atoms with Gasteiger partial charge in [-0.1, -0.05) is 177 Å². The highest BCUT2D eigenvalue weighted by Gasteiger charge is 2.47. The lowest BCUT2D eigenvalue weighted by Crippen LogP contribution is -2.48. The van der Waals surface area contributed by atoms with Gasteiger partial charge in [-0.25, -0.2) is 0 Å². The third-order valence-corrected chi connectivity index (χ3v) is 15.2. The number of rotatable bonds is 9. The Morgan fingerprint density at radius 3 is 0.750 bits per heavy atom. The molecule has 0 saturated carbocycles. The molecule has 0 heterocycles. The largest absolute Gasteiger partial charge is 0.0622 e. The van der Waals surface area contributed by atoms with Gasteiger partial charge in [0.15, 0.2) is 0 Å². The van der Waals surface area contributed by atoms with Crippen molar-refractivity contribution in [1.29, 1.82) is 0 Å². The molecule has 0 saturated heterocycles. The molecule has 210 valence electrons. The van der Waals surface area contributed by atoms with Crippen LogP contribution in [0.4, 0.5) is 0 Å². The first-order valence-corrected chi connectivity index (χ1v) is 17.6. The molecule has 4 rings (SSSR count). The maximum Gasteiger partial charge on any atom is -0.00217 e. The van der Waals surface area contributed by atoms with E-state index in [-0.39, 0.29) is 10.8 Å². The Morgan fingerprint density at radius 2 is 0.575 bits per heavy atom. The van der Waals surface area contributed by atoms with Crippen LogP contribution in [-0.4, -0.2) is 11.3 Å². The lowest BCUT2D eigenvalue weighted by molar-refractivity contribution is 0.199. The monoisotopic (exact) mass is 566 g/mol. The SMILES string of the molecule is CC(C(C(C(C)C(C)(C)C)P(c1ccccc1)c1ccccc1)P(c1ccccc1)c1ccccc1)C(C)(C)C. The molecule has 4 atom stereocenters. The van der Waals surface area contributed by atoms with Crippen molar-refractivity contribution in [3.63, 3.8) is 0 Å². The van der Waals surface area contributed by atoms with E-state index in [1.54, 1.807) is 0 Å². The predicted molar refractivity (Wildman–Crippen MR) is 183 cm³/mol. The Hall–Kier alpha value is -2.26. The van der Waals surface area contributed by atoms with E-state index < -0.39 is 15.8 Å². The second kappa shape index (κ2) is 13.1. The van der Waals surface area contributed by atoms with E-state index in [0.717, 1.165) is 0 Å². The first-order chi connectivity index (χ1) is 19.0. The molecule has 0 bridgehead atoms. The lowest BCUT2D eigenvalue weighted by atomic mass is 9.73. The van der Waals surface area contributed by atoms with Crippen molar-refractivity contribution < 1.29 is 0 Å². The summed E-state index contributed by atoms with van der Waals surface area (Å²) in [4.78, 5) is 0. The lowest BCUT2D eigenvalue weighted by Gasteiger charge is -2.51. The third kappa shape index (κ3) is 7.14. The molecule has 4 aromatic carbocycles. The average molecular weight is 567 g/mol. The molecule has 0 aliphatic carbocycles. The highest BCUT2D eigenvalue weighted by Crippen LogP contribution is 2.60. The quantitative estimate of drug-likeness (QED) is 0.177. The van der Waals surface area contributed by atoms with Crippen molar-refractivity contribution in [2.45, 2.75) is 66.7 Å². The molecule has 0 fully saturated rings. The summed E-state index contributed by atoms with van der Waals surface area (Å²) in [5.41, 5.74) is 1.30. The zero-order valence-electron chi connectivity index (χ0n) is 25.8. The molecule has 0 N–H and O–H groups in total. The topological polar surface area (TPSA) is 0 Å². The molecule has 0 spiro atoms. The number of hydrogen-bond acceptors (Lipinski definition) is 0. The van der Waals surface area contributed by atoms with Gasteiger partial charge in [-0.05, 0) is 71.0 Å². The highest BCUT2D eigenvalue weighted by molar-refractivity contribution is 7.77. The zero-order valence-corrected chi connectivity index (χ0v) is 27.5. The van der Waals surface area contributed by atoms with Crippen LogP contribution in [0.5, 0.6) is 0 Å². The van der Waals surface area contributed by atoms with E-state index in [1.807, 2.05) is 0 Å². The van der Waals surface area contributed by atoms with Crippen molar-refractivity contribution in [1.82, 2.24) is 0 Å². The van der Waals surface area contributed by atoms with Crippen LogP contribution in [0.2, 0.25) is 0 Å². The Bertz CT molecular complexity index is 1100. The van der Waals surface area contributed by atoms with Crippen LogP contribution < -0.4 is 21.2 Å².